The molecule has 1 saturated heterocycles. The second-order valence-corrected chi connectivity index (χ2v) is 7.39. The van der Waals surface area contributed by atoms with Gasteiger partial charge in [-0.25, -0.2) is 4.98 Å². The summed E-state index contributed by atoms with van der Waals surface area (Å²) in [6, 6.07) is 11.6. The number of carbonyl (C=O) groups excluding carboxylic acids is 1. The van der Waals surface area contributed by atoms with Gasteiger partial charge in [0.1, 0.15) is 12.2 Å². The topological polar surface area (TPSA) is 102 Å². The third kappa shape index (κ3) is 3.84. The van der Waals surface area contributed by atoms with E-state index in [4.69, 9.17) is 11.6 Å². The quantitative estimate of drug-likeness (QED) is 0.467. The maximum atomic E-state index is 12.7. The standard InChI is InChI=1S/C20H18ClN5O4/c21-14-5-6-17(18(11-14)26(29)30)23-7-9-24(10-8-23)19(27)12-25-13-22-16-4-2-1-3-15(16)20(25)28/h1-6,11,13H,7-10,12H2. The molecule has 10 heteroatoms. The maximum absolute atomic E-state index is 12.7. The van der Waals surface area contributed by atoms with Crippen molar-refractivity contribution in [2.45, 2.75) is 6.54 Å². The number of hydrogen-bond acceptors (Lipinski definition) is 6. The van der Waals surface area contributed by atoms with Crippen LogP contribution in [0.2, 0.25) is 5.02 Å². The molecule has 0 N–H and O–H groups in total. The zero-order chi connectivity index (χ0) is 21.3. The number of amides is 1. The molecule has 0 atom stereocenters. The second-order valence-electron chi connectivity index (χ2n) is 6.95. The Morgan fingerprint density at radius 1 is 1.13 bits per heavy atom. The fourth-order valence-corrected chi connectivity index (χ4v) is 3.74. The number of anilines is 1. The molecule has 3 aromatic rings. The summed E-state index contributed by atoms with van der Waals surface area (Å²) < 4.78 is 1.31. The van der Waals surface area contributed by atoms with Crippen LogP contribution in [-0.2, 0) is 11.3 Å². The van der Waals surface area contributed by atoms with Gasteiger partial charge in [0.2, 0.25) is 5.91 Å². The summed E-state index contributed by atoms with van der Waals surface area (Å²) >= 11 is 5.88. The molecule has 0 unspecified atom stereocenters. The van der Waals surface area contributed by atoms with E-state index in [0.717, 1.165) is 0 Å². The molecular weight excluding hydrogens is 410 g/mol. The predicted octanol–water partition coefficient (Wildman–Crippen LogP) is 2.31. The average molecular weight is 428 g/mol. The van der Waals surface area contributed by atoms with Crippen LogP contribution in [0.1, 0.15) is 0 Å². The van der Waals surface area contributed by atoms with Gasteiger partial charge in [0, 0.05) is 37.3 Å². The highest BCUT2D eigenvalue weighted by molar-refractivity contribution is 6.30. The van der Waals surface area contributed by atoms with Crippen LogP contribution in [0.25, 0.3) is 10.9 Å². The fraction of sp³-hybridized carbons (Fsp3) is 0.250. The molecule has 2 aromatic carbocycles. The highest BCUT2D eigenvalue weighted by Crippen LogP contribution is 2.31. The number of nitrogens with zero attached hydrogens (tertiary/aromatic N) is 5. The van der Waals surface area contributed by atoms with Crippen molar-refractivity contribution in [2.75, 3.05) is 31.1 Å². The van der Waals surface area contributed by atoms with Gasteiger partial charge in [-0.3, -0.25) is 24.3 Å². The van der Waals surface area contributed by atoms with Crippen molar-refractivity contribution in [3.05, 3.63) is 74.3 Å². The van der Waals surface area contributed by atoms with Crippen LogP contribution >= 0.6 is 11.6 Å². The number of fused-ring (bicyclic) bond motifs is 1. The Bertz CT molecular complexity index is 1190. The number of benzene rings is 2. The molecule has 4 rings (SSSR count). The van der Waals surface area contributed by atoms with E-state index in [9.17, 15) is 19.7 Å². The summed E-state index contributed by atoms with van der Waals surface area (Å²) in [5, 5.41) is 12.1. The third-order valence-corrected chi connectivity index (χ3v) is 5.38. The Hall–Kier alpha value is -3.46. The molecule has 1 amide bonds. The van der Waals surface area contributed by atoms with Crippen LogP contribution < -0.4 is 10.5 Å². The smallest absolute Gasteiger partial charge is 0.294 e. The summed E-state index contributed by atoms with van der Waals surface area (Å²) in [4.78, 5) is 43.9. The molecule has 9 nitrogen and oxygen atoms in total. The third-order valence-electron chi connectivity index (χ3n) is 5.14. The summed E-state index contributed by atoms with van der Waals surface area (Å²) in [6.45, 7) is 1.58. The SMILES string of the molecule is O=C(Cn1cnc2ccccc2c1=O)N1CCN(c2ccc(Cl)cc2[N+](=O)[O-])CC1. The van der Waals surface area contributed by atoms with Gasteiger partial charge in [0.15, 0.2) is 0 Å². The molecule has 0 bridgehead atoms. The average Bonchev–Trinajstić information content (AvgIpc) is 2.76. The summed E-state index contributed by atoms with van der Waals surface area (Å²) in [5.41, 5.74) is 0.747. The van der Waals surface area contributed by atoms with Crippen molar-refractivity contribution in [1.82, 2.24) is 14.5 Å². The van der Waals surface area contributed by atoms with E-state index < -0.39 is 4.92 Å². The largest absolute Gasteiger partial charge is 0.362 e. The van der Waals surface area contributed by atoms with Crippen molar-refractivity contribution in [3.8, 4) is 0 Å². The minimum absolute atomic E-state index is 0.0592. The summed E-state index contributed by atoms with van der Waals surface area (Å²) in [5.74, 6) is -0.195. The molecule has 0 saturated carbocycles. The number of carbonyl (C=O) groups is 1. The van der Waals surface area contributed by atoms with Crippen LogP contribution in [0.3, 0.4) is 0 Å². The van der Waals surface area contributed by atoms with E-state index in [1.54, 1.807) is 41.3 Å². The zero-order valence-corrected chi connectivity index (χ0v) is 16.7. The summed E-state index contributed by atoms with van der Waals surface area (Å²) in [6.07, 6.45) is 1.38. The zero-order valence-electron chi connectivity index (χ0n) is 15.9. The Balaban J connectivity index is 1.45. The van der Waals surface area contributed by atoms with Gasteiger partial charge in [-0.15, -0.1) is 0 Å². The van der Waals surface area contributed by atoms with Gasteiger partial charge >= 0.3 is 0 Å². The molecule has 0 radical (unpaired) electrons. The number of aromatic nitrogens is 2. The van der Waals surface area contributed by atoms with Crippen LogP contribution in [0.4, 0.5) is 11.4 Å². The number of nitro benzene ring substituents is 1. The lowest BCUT2D eigenvalue weighted by molar-refractivity contribution is -0.384. The van der Waals surface area contributed by atoms with Gasteiger partial charge < -0.3 is 9.80 Å². The molecule has 154 valence electrons. The maximum Gasteiger partial charge on any atom is 0.294 e. The second kappa shape index (κ2) is 8.11. The Morgan fingerprint density at radius 2 is 1.87 bits per heavy atom. The number of piperazine rings is 1. The van der Waals surface area contributed by atoms with E-state index in [-0.39, 0.29) is 23.7 Å². The first-order valence-corrected chi connectivity index (χ1v) is 9.72. The minimum Gasteiger partial charge on any atom is -0.362 e. The monoisotopic (exact) mass is 427 g/mol. The van der Waals surface area contributed by atoms with Gasteiger partial charge in [-0.1, -0.05) is 23.7 Å². The number of halogens is 1. The first kappa shape index (κ1) is 19.8. The number of nitro groups is 1. The Labute approximate surface area is 176 Å². The highest BCUT2D eigenvalue weighted by atomic mass is 35.5. The highest BCUT2D eigenvalue weighted by Gasteiger charge is 2.26. The molecule has 1 aliphatic heterocycles. The van der Waals surface area contributed by atoms with E-state index in [2.05, 4.69) is 4.98 Å². The van der Waals surface area contributed by atoms with Gasteiger partial charge in [0.25, 0.3) is 11.2 Å². The molecule has 1 aliphatic rings. The lowest BCUT2D eigenvalue weighted by Crippen LogP contribution is -2.50. The van der Waals surface area contributed by atoms with E-state index in [1.807, 2.05) is 4.90 Å². The van der Waals surface area contributed by atoms with Crippen LogP contribution in [0.15, 0.2) is 53.6 Å². The normalized spacial score (nSPS) is 14.2. The van der Waals surface area contributed by atoms with Crippen molar-refractivity contribution in [2.24, 2.45) is 0 Å². The number of hydrogen-bond donors (Lipinski definition) is 0. The van der Waals surface area contributed by atoms with Crippen LogP contribution in [-0.4, -0.2) is 51.5 Å². The molecule has 0 spiro atoms. The minimum atomic E-state index is -0.460. The number of para-hydroxylation sites is 1. The first-order chi connectivity index (χ1) is 14.4. The van der Waals surface area contributed by atoms with E-state index in [0.29, 0.717) is 47.8 Å². The van der Waals surface area contributed by atoms with Gasteiger partial charge in [0.05, 0.1) is 22.2 Å². The van der Waals surface area contributed by atoms with Crippen molar-refractivity contribution >= 4 is 39.8 Å². The first-order valence-electron chi connectivity index (χ1n) is 9.35. The lowest BCUT2D eigenvalue weighted by Gasteiger charge is -2.35. The molecule has 30 heavy (non-hydrogen) atoms. The lowest BCUT2D eigenvalue weighted by atomic mass is 10.2. The number of rotatable bonds is 4. The Kier molecular flexibility index (Phi) is 5.37. The molecular formula is C20H18ClN5O4. The molecule has 1 fully saturated rings. The Morgan fingerprint density at radius 3 is 2.60 bits per heavy atom. The fourth-order valence-electron chi connectivity index (χ4n) is 3.57. The van der Waals surface area contributed by atoms with Gasteiger partial charge in [-0.2, -0.15) is 0 Å². The van der Waals surface area contributed by atoms with Crippen molar-refractivity contribution < 1.29 is 9.72 Å². The predicted molar refractivity (Wildman–Crippen MR) is 113 cm³/mol. The molecule has 0 aliphatic carbocycles. The van der Waals surface area contributed by atoms with Crippen LogP contribution in [0, 0.1) is 10.1 Å². The summed E-state index contributed by atoms with van der Waals surface area (Å²) in [7, 11) is 0. The molecule has 1 aromatic heterocycles. The van der Waals surface area contributed by atoms with Crippen LogP contribution in [0.5, 0.6) is 0 Å². The molecule has 2 heterocycles. The van der Waals surface area contributed by atoms with Gasteiger partial charge in [-0.05, 0) is 24.3 Å². The van der Waals surface area contributed by atoms with Crippen molar-refractivity contribution in [3.63, 3.8) is 0 Å². The van der Waals surface area contributed by atoms with E-state index in [1.165, 1.54) is 17.0 Å². The van der Waals surface area contributed by atoms with Crippen molar-refractivity contribution in [1.29, 1.82) is 0 Å². The van der Waals surface area contributed by atoms with E-state index >= 15 is 0 Å².